The molecule has 0 saturated carbocycles. The van der Waals surface area contributed by atoms with Crippen molar-refractivity contribution in [2.75, 3.05) is 0 Å². The fraction of sp³-hybridized carbons (Fsp3) is 0.500. The lowest BCUT2D eigenvalue weighted by atomic mass is 9.82. The molecule has 1 rings (SSSR count). The summed E-state index contributed by atoms with van der Waals surface area (Å²) in [5.41, 5.74) is -1.55. The maximum absolute atomic E-state index is 10.1. The van der Waals surface area contributed by atoms with Gasteiger partial charge in [-0.3, -0.25) is 4.98 Å². The minimum Gasteiger partial charge on any atom is -0.402 e. The number of hydrogen-bond donors (Lipinski definition) is 3. The molecule has 7 heteroatoms. The number of aromatic nitrogens is 1. The van der Waals surface area contributed by atoms with Gasteiger partial charge < -0.3 is 19.8 Å². The van der Waals surface area contributed by atoms with Crippen LogP contribution < -0.4 is 0 Å². The highest BCUT2D eigenvalue weighted by Crippen LogP contribution is 2.29. The zero-order valence-electron chi connectivity index (χ0n) is 11.2. The number of nitrogens with zero attached hydrogens (tertiary/aromatic N) is 2. The summed E-state index contributed by atoms with van der Waals surface area (Å²) < 4.78 is 5.02. The van der Waals surface area contributed by atoms with Crippen LogP contribution >= 0.6 is 0 Å². The molecule has 3 N–H and O–H groups in total. The molecule has 1 atom stereocenters. The number of pyridine rings is 1. The van der Waals surface area contributed by atoms with E-state index in [1.54, 1.807) is 19.1 Å². The third-order valence-electron chi connectivity index (χ3n) is 3.13. The molecule has 19 heavy (non-hydrogen) atoms. The SMILES string of the molecule is CC(C)(O)[C@](C)(Cc1ccc(C#N)cn1)OB(O)O. The van der Waals surface area contributed by atoms with Crippen LogP contribution in [0.15, 0.2) is 18.3 Å². The lowest BCUT2D eigenvalue weighted by molar-refractivity contribution is -0.120. The van der Waals surface area contributed by atoms with E-state index >= 15 is 0 Å². The number of nitriles is 1. The topological polar surface area (TPSA) is 107 Å². The van der Waals surface area contributed by atoms with Gasteiger partial charge in [0.25, 0.3) is 0 Å². The van der Waals surface area contributed by atoms with E-state index in [1.165, 1.54) is 20.0 Å². The lowest BCUT2D eigenvalue weighted by Crippen LogP contribution is -2.54. The number of hydrogen-bond acceptors (Lipinski definition) is 6. The minimum absolute atomic E-state index is 0.166. The van der Waals surface area contributed by atoms with Crippen molar-refractivity contribution in [3.63, 3.8) is 0 Å². The first-order chi connectivity index (χ1) is 8.68. The quantitative estimate of drug-likeness (QED) is 0.647. The molecule has 102 valence electrons. The lowest BCUT2D eigenvalue weighted by Gasteiger charge is -2.40. The third kappa shape index (κ3) is 4.01. The van der Waals surface area contributed by atoms with Crippen LogP contribution in [-0.4, -0.2) is 38.7 Å². The highest BCUT2D eigenvalue weighted by molar-refractivity contribution is 6.32. The predicted molar refractivity (Wildman–Crippen MR) is 68.6 cm³/mol. The predicted octanol–water partition coefficient (Wildman–Crippen LogP) is 0.0115. The summed E-state index contributed by atoms with van der Waals surface area (Å²) in [6.45, 7) is 4.59. The Morgan fingerprint density at radius 1 is 1.37 bits per heavy atom. The average Bonchev–Trinajstić information content (AvgIpc) is 2.27. The third-order valence-corrected chi connectivity index (χ3v) is 3.13. The molecule has 0 amide bonds. The summed E-state index contributed by atoms with van der Waals surface area (Å²) in [4.78, 5) is 4.08. The highest BCUT2D eigenvalue weighted by atomic mass is 16.6. The van der Waals surface area contributed by atoms with E-state index < -0.39 is 18.5 Å². The molecular weight excluding hydrogens is 247 g/mol. The van der Waals surface area contributed by atoms with Gasteiger partial charge in [0.05, 0.1) is 16.8 Å². The van der Waals surface area contributed by atoms with Gasteiger partial charge in [0, 0.05) is 18.3 Å². The molecule has 0 bridgehead atoms. The van der Waals surface area contributed by atoms with Crippen LogP contribution in [0.5, 0.6) is 0 Å². The van der Waals surface area contributed by atoms with Crippen molar-refractivity contribution in [2.45, 2.75) is 38.4 Å². The molecule has 6 nitrogen and oxygen atoms in total. The fourth-order valence-corrected chi connectivity index (χ4v) is 1.58. The molecule has 0 radical (unpaired) electrons. The largest absolute Gasteiger partial charge is 0.634 e. The second-order valence-electron chi connectivity index (χ2n) is 5.06. The van der Waals surface area contributed by atoms with E-state index in [0.29, 0.717) is 11.3 Å². The molecule has 0 aliphatic carbocycles. The van der Waals surface area contributed by atoms with Crippen LogP contribution in [0, 0.1) is 11.3 Å². The van der Waals surface area contributed by atoms with Gasteiger partial charge in [0.15, 0.2) is 0 Å². The Morgan fingerprint density at radius 2 is 2.00 bits per heavy atom. The summed E-state index contributed by atoms with van der Waals surface area (Å²) in [7, 11) is -1.99. The first-order valence-corrected chi connectivity index (χ1v) is 5.79. The van der Waals surface area contributed by atoms with Crippen LogP contribution in [0.1, 0.15) is 32.0 Å². The summed E-state index contributed by atoms with van der Waals surface area (Å²) in [6, 6.07) is 5.19. The van der Waals surface area contributed by atoms with Gasteiger partial charge in [-0.25, -0.2) is 0 Å². The van der Waals surface area contributed by atoms with E-state index in [-0.39, 0.29) is 6.42 Å². The highest BCUT2D eigenvalue weighted by Gasteiger charge is 2.43. The number of aliphatic hydroxyl groups is 1. The van der Waals surface area contributed by atoms with Gasteiger partial charge in [-0.15, -0.1) is 0 Å². The van der Waals surface area contributed by atoms with Crippen molar-refractivity contribution < 1.29 is 19.8 Å². The zero-order valence-corrected chi connectivity index (χ0v) is 11.2. The van der Waals surface area contributed by atoms with Gasteiger partial charge in [-0.2, -0.15) is 5.26 Å². The van der Waals surface area contributed by atoms with E-state index in [1.807, 2.05) is 6.07 Å². The molecule has 0 spiro atoms. The van der Waals surface area contributed by atoms with E-state index in [0.717, 1.165) is 0 Å². The van der Waals surface area contributed by atoms with Crippen LogP contribution in [0.4, 0.5) is 0 Å². The van der Waals surface area contributed by atoms with Gasteiger partial charge >= 0.3 is 7.32 Å². The van der Waals surface area contributed by atoms with Crippen molar-refractivity contribution in [3.05, 3.63) is 29.6 Å². The molecular formula is C12H17BN2O4. The fourth-order valence-electron chi connectivity index (χ4n) is 1.58. The molecule has 0 aromatic carbocycles. The Hall–Kier alpha value is -1.46. The summed E-state index contributed by atoms with van der Waals surface area (Å²) in [5.74, 6) is 0. The van der Waals surface area contributed by atoms with Crippen LogP contribution in [-0.2, 0) is 11.1 Å². The molecule has 0 fully saturated rings. The standard InChI is InChI=1S/C12H17BN2O4/c1-11(2,16)12(3,19-13(17)18)6-10-5-4-9(7-14)8-15-10/h4-5,8,16-18H,6H2,1-3H3/t12-/m0/s1. The first-order valence-electron chi connectivity index (χ1n) is 5.79. The Kier molecular flexibility index (Phi) is 4.66. The monoisotopic (exact) mass is 264 g/mol. The molecule has 0 unspecified atom stereocenters. The normalized spacial score (nSPS) is 14.6. The second kappa shape index (κ2) is 5.67. The summed E-state index contributed by atoms with van der Waals surface area (Å²) >= 11 is 0. The van der Waals surface area contributed by atoms with E-state index in [2.05, 4.69) is 4.98 Å². The maximum atomic E-state index is 10.1. The van der Waals surface area contributed by atoms with Crippen molar-refractivity contribution >= 4 is 7.32 Å². The second-order valence-corrected chi connectivity index (χ2v) is 5.06. The van der Waals surface area contributed by atoms with Gasteiger partial charge in [0.1, 0.15) is 6.07 Å². The molecule has 1 aromatic heterocycles. The van der Waals surface area contributed by atoms with Crippen molar-refractivity contribution in [3.8, 4) is 6.07 Å². The van der Waals surface area contributed by atoms with Crippen molar-refractivity contribution in [2.24, 2.45) is 0 Å². The molecule has 1 heterocycles. The smallest absolute Gasteiger partial charge is 0.402 e. The Bertz CT molecular complexity index is 464. The van der Waals surface area contributed by atoms with Crippen LogP contribution in [0.3, 0.4) is 0 Å². The van der Waals surface area contributed by atoms with Crippen molar-refractivity contribution in [1.29, 1.82) is 5.26 Å². The summed E-state index contributed by atoms with van der Waals surface area (Å²) in [6.07, 6.45) is 1.58. The molecule has 0 saturated heterocycles. The Morgan fingerprint density at radius 3 is 2.37 bits per heavy atom. The van der Waals surface area contributed by atoms with Gasteiger partial charge in [-0.05, 0) is 32.9 Å². The average molecular weight is 264 g/mol. The Balaban J connectivity index is 2.97. The van der Waals surface area contributed by atoms with Crippen LogP contribution in [0.25, 0.3) is 0 Å². The van der Waals surface area contributed by atoms with Crippen molar-refractivity contribution in [1.82, 2.24) is 4.98 Å². The van der Waals surface area contributed by atoms with Gasteiger partial charge in [-0.1, -0.05) is 0 Å². The molecule has 0 aliphatic heterocycles. The Labute approximate surface area is 112 Å². The van der Waals surface area contributed by atoms with Crippen LogP contribution in [0.2, 0.25) is 0 Å². The number of rotatable bonds is 5. The maximum Gasteiger partial charge on any atom is 0.634 e. The molecule has 0 aliphatic rings. The zero-order chi connectivity index (χ0) is 14.7. The van der Waals surface area contributed by atoms with E-state index in [9.17, 15) is 5.11 Å². The van der Waals surface area contributed by atoms with E-state index in [4.69, 9.17) is 20.0 Å². The summed E-state index contributed by atoms with van der Waals surface area (Å²) in [5, 5.41) is 36.7. The molecule has 1 aromatic rings. The first kappa shape index (κ1) is 15.6. The minimum atomic E-state index is -1.99. The van der Waals surface area contributed by atoms with Gasteiger partial charge in [0.2, 0.25) is 0 Å².